The van der Waals surface area contributed by atoms with Crippen molar-refractivity contribution in [3.63, 3.8) is 0 Å². The second-order valence-corrected chi connectivity index (χ2v) is 3.99. The first-order valence-corrected chi connectivity index (χ1v) is 5.97. The summed E-state index contributed by atoms with van der Waals surface area (Å²) in [5.74, 6) is -0.588. The first kappa shape index (κ1) is 13.0. The summed E-state index contributed by atoms with van der Waals surface area (Å²) in [6.45, 7) is 0.603. The second kappa shape index (κ2) is 6.50. The largest absolute Gasteiger partial charge is 0.494 e. The summed E-state index contributed by atoms with van der Waals surface area (Å²) in [5, 5.41) is 18.7. The van der Waals surface area contributed by atoms with Crippen LogP contribution in [0.15, 0.2) is 24.3 Å². The van der Waals surface area contributed by atoms with E-state index in [1.807, 2.05) is 0 Å². The van der Waals surface area contributed by atoms with Crippen LogP contribution in [0.5, 0.6) is 5.75 Å². The zero-order valence-corrected chi connectivity index (χ0v) is 10.2. The van der Waals surface area contributed by atoms with E-state index in [2.05, 4.69) is 15.9 Å². The van der Waals surface area contributed by atoms with E-state index >= 15 is 0 Å². The molecule has 1 aromatic rings. The van der Waals surface area contributed by atoms with Crippen molar-refractivity contribution in [2.75, 3.05) is 11.9 Å². The molecule has 5 heteroatoms. The molecule has 16 heavy (non-hydrogen) atoms. The van der Waals surface area contributed by atoms with Gasteiger partial charge in [0, 0.05) is 5.33 Å². The topological polar surface area (TPSA) is 66.8 Å². The quantitative estimate of drug-likeness (QED) is 0.620. The standard InChI is InChI=1S/C11H13BrO4/c12-6-1-7-16-9-4-2-8(3-5-9)10(13)11(14)15/h2-5,10,13H,1,6-7H2,(H,14,15). The van der Waals surface area contributed by atoms with Gasteiger partial charge < -0.3 is 14.9 Å². The molecule has 1 atom stereocenters. The lowest BCUT2D eigenvalue weighted by Crippen LogP contribution is -2.10. The molecular weight excluding hydrogens is 276 g/mol. The third kappa shape index (κ3) is 3.83. The van der Waals surface area contributed by atoms with Crippen molar-refractivity contribution in [1.82, 2.24) is 0 Å². The molecule has 0 aliphatic rings. The minimum atomic E-state index is -1.48. The van der Waals surface area contributed by atoms with Gasteiger partial charge in [0.15, 0.2) is 6.10 Å². The normalized spacial score (nSPS) is 12.1. The fraction of sp³-hybridized carbons (Fsp3) is 0.364. The summed E-state index contributed by atoms with van der Waals surface area (Å²) < 4.78 is 5.38. The lowest BCUT2D eigenvalue weighted by Gasteiger charge is -2.08. The molecule has 0 spiro atoms. The molecule has 1 aromatic carbocycles. The van der Waals surface area contributed by atoms with Gasteiger partial charge in [-0.2, -0.15) is 0 Å². The van der Waals surface area contributed by atoms with Crippen molar-refractivity contribution in [3.05, 3.63) is 29.8 Å². The number of carboxylic acid groups (broad SMARTS) is 1. The Morgan fingerprint density at radius 3 is 2.50 bits per heavy atom. The molecule has 0 fully saturated rings. The lowest BCUT2D eigenvalue weighted by molar-refractivity contribution is -0.146. The van der Waals surface area contributed by atoms with Crippen LogP contribution in [0.1, 0.15) is 18.1 Å². The first-order valence-electron chi connectivity index (χ1n) is 4.84. The van der Waals surface area contributed by atoms with Crippen LogP contribution in [0.3, 0.4) is 0 Å². The highest BCUT2D eigenvalue weighted by Gasteiger charge is 2.15. The Morgan fingerprint density at radius 2 is 2.00 bits per heavy atom. The second-order valence-electron chi connectivity index (χ2n) is 3.20. The van der Waals surface area contributed by atoms with Crippen LogP contribution < -0.4 is 4.74 Å². The highest BCUT2D eigenvalue weighted by Crippen LogP contribution is 2.18. The van der Waals surface area contributed by atoms with E-state index in [9.17, 15) is 9.90 Å². The van der Waals surface area contributed by atoms with Crippen LogP contribution in [0.4, 0.5) is 0 Å². The van der Waals surface area contributed by atoms with Gasteiger partial charge in [0.1, 0.15) is 5.75 Å². The van der Waals surface area contributed by atoms with Gasteiger partial charge in [-0.1, -0.05) is 28.1 Å². The Labute approximate surface area is 102 Å². The molecule has 0 bridgehead atoms. The highest BCUT2D eigenvalue weighted by molar-refractivity contribution is 9.09. The molecule has 0 saturated heterocycles. The molecule has 0 amide bonds. The van der Waals surface area contributed by atoms with Crippen molar-refractivity contribution in [3.8, 4) is 5.75 Å². The number of carboxylic acids is 1. The van der Waals surface area contributed by atoms with Crippen LogP contribution in [-0.2, 0) is 4.79 Å². The number of halogens is 1. The molecule has 1 rings (SSSR count). The Morgan fingerprint density at radius 1 is 1.38 bits per heavy atom. The SMILES string of the molecule is O=C(O)C(O)c1ccc(OCCCBr)cc1. The van der Waals surface area contributed by atoms with E-state index in [-0.39, 0.29) is 0 Å². The fourth-order valence-corrected chi connectivity index (χ4v) is 1.36. The van der Waals surface area contributed by atoms with E-state index in [1.54, 1.807) is 24.3 Å². The average molecular weight is 289 g/mol. The molecule has 0 aliphatic carbocycles. The van der Waals surface area contributed by atoms with E-state index in [0.717, 1.165) is 11.8 Å². The number of rotatable bonds is 6. The summed E-state index contributed by atoms with van der Waals surface area (Å²) in [6.07, 6.45) is -0.573. The summed E-state index contributed by atoms with van der Waals surface area (Å²) in [5.41, 5.74) is 0.348. The summed E-state index contributed by atoms with van der Waals surface area (Å²) in [6, 6.07) is 6.38. The number of aliphatic carboxylic acids is 1. The van der Waals surface area contributed by atoms with Gasteiger partial charge in [-0.3, -0.25) is 0 Å². The molecule has 88 valence electrons. The summed E-state index contributed by atoms with van der Waals surface area (Å²) in [7, 11) is 0. The van der Waals surface area contributed by atoms with Gasteiger partial charge in [-0.15, -0.1) is 0 Å². The Bertz CT molecular complexity index is 336. The van der Waals surface area contributed by atoms with Crippen LogP contribution in [0, 0.1) is 0 Å². The molecule has 0 heterocycles. The number of hydrogen-bond acceptors (Lipinski definition) is 3. The number of carbonyl (C=O) groups is 1. The lowest BCUT2D eigenvalue weighted by atomic mass is 10.1. The molecule has 1 unspecified atom stereocenters. The molecule has 0 saturated carbocycles. The zero-order chi connectivity index (χ0) is 12.0. The Kier molecular flexibility index (Phi) is 5.28. The number of aliphatic hydroxyl groups excluding tert-OH is 1. The number of ether oxygens (including phenoxy) is 1. The number of aliphatic hydroxyl groups is 1. The van der Waals surface area contributed by atoms with Crippen molar-refractivity contribution >= 4 is 21.9 Å². The smallest absolute Gasteiger partial charge is 0.337 e. The van der Waals surface area contributed by atoms with Crippen LogP contribution >= 0.6 is 15.9 Å². The molecule has 2 N–H and O–H groups in total. The molecule has 0 radical (unpaired) electrons. The number of hydrogen-bond donors (Lipinski definition) is 2. The van der Waals surface area contributed by atoms with Crippen LogP contribution in [0.25, 0.3) is 0 Å². The maximum Gasteiger partial charge on any atom is 0.337 e. The van der Waals surface area contributed by atoms with Crippen molar-refractivity contribution in [2.45, 2.75) is 12.5 Å². The van der Waals surface area contributed by atoms with Gasteiger partial charge >= 0.3 is 5.97 Å². The zero-order valence-electron chi connectivity index (χ0n) is 8.60. The monoisotopic (exact) mass is 288 g/mol. The van der Waals surface area contributed by atoms with E-state index in [0.29, 0.717) is 17.9 Å². The van der Waals surface area contributed by atoms with Gasteiger partial charge in [0.25, 0.3) is 0 Å². The van der Waals surface area contributed by atoms with E-state index < -0.39 is 12.1 Å². The highest BCUT2D eigenvalue weighted by atomic mass is 79.9. The molecule has 0 aliphatic heterocycles. The predicted octanol–water partition coefficient (Wildman–Crippen LogP) is 1.97. The van der Waals surface area contributed by atoms with Crippen molar-refractivity contribution in [1.29, 1.82) is 0 Å². The first-order chi connectivity index (χ1) is 7.65. The van der Waals surface area contributed by atoms with E-state index in [4.69, 9.17) is 9.84 Å². The number of benzene rings is 1. The Balaban J connectivity index is 2.57. The molecule has 0 aromatic heterocycles. The average Bonchev–Trinajstić information content (AvgIpc) is 2.29. The van der Waals surface area contributed by atoms with Crippen molar-refractivity contribution in [2.24, 2.45) is 0 Å². The third-order valence-corrected chi connectivity index (χ3v) is 2.54. The van der Waals surface area contributed by atoms with Crippen LogP contribution in [-0.4, -0.2) is 28.1 Å². The van der Waals surface area contributed by atoms with Crippen LogP contribution in [0.2, 0.25) is 0 Å². The minimum Gasteiger partial charge on any atom is -0.494 e. The Hall–Kier alpha value is -1.07. The van der Waals surface area contributed by atoms with Gasteiger partial charge in [0.05, 0.1) is 6.61 Å². The summed E-state index contributed by atoms with van der Waals surface area (Å²) in [4.78, 5) is 10.5. The maximum atomic E-state index is 10.5. The molecular formula is C11H13BrO4. The maximum absolute atomic E-state index is 10.5. The van der Waals surface area contributed by atoms with Gasteiger partial charge in [0.2, 0.25) is 0 Å². The van der Waals surface area contributed by atoms with Gasteiger partial charge in [-0.05, 0) is 24.1 Å². The number of alkyl halides is 1. The van der Waals surface area contributed by atoms with E-state index in [1.165, 1.54) is 0 Å². The predicted molar refractivity (Wildman–Crippen MR) is 62.9 cm³/mol. The van der Waals surface area contributed by atoms with Crippen molar-refractivity contribution < 1.29 is 19.7 Å². The summed E-state index contributed by atoms with van der Waals surface area (Å²) >= 11 is 3.29. The minimum absolute atomic E-state index is 0.348. The molecule has 4 nitrogen and oxygen atoms in total. The third-order valence-electron chi connectivity index (χ3n) is 1.98. The fourth-order valence-electron chi connectivity index (χ4n) is 1.13. The van der Waals surface area contributed by atoms with Gasteiger partial charge in [-0.25, -0.2) is 4.79 Å².